The molecule has 88 valence electrons. The smallest absolute Gasteiger partial charge is 0.348 e. The van der Waals surface area contributed by atoms with Crippen LogP contribution in [0.25, 0.3) is 6.08 Å². The standard InChI is InChI=1S/C12H8BrFO3/c13-10-9(11(15)17-12(10)16)6-3-7-1-4-8(14)5-2-7/h1-6,11,15H/b6-3+. The molecular weight excluding hydrogens is 291 g/mol. The monoisotopic (exact) mass is 298 g/mol. The highest BCUT2D eigenvalue weighted by Crippen LogP contribution is 2.27. The Balaban J connectivity index is 2.21. The predicted molar refractivity (Wildman–Crippen MR) is 63.5 cm³/mol. The van der Waals surface area contributed by atoms with E-state index in [-0.39, 0.29) is 10.3 Å². The van der Waals surface area contributed by atoms with Crippen molar-refractivity contribution >= 4 is 28.0 Å². The Kier molecular flexibility index (Phi) is 3.40. The summed E-state index contributed by atoms with van der Waals surface area (Å²) in [6.45, 7) is 0. The van der Waals surface area contributed by atoms with Gasteiger partial charge in [0.1, 0.15) is 10.3 Å². The van der Waals surface area contributed by atoms with E-state index < -0.39 is 12.3 Å². The summed E-state index contributed by atoms with van der Waals surface area (Å²) in [5, 5.41) is 9.41. The largest absolute Gasteiger partial charge is 0.427 e. The van der Waals surface area contributed by atoms with Crippen molar-refractivity contribution in [1.29, 1.82) is 0 Å². The van der Waals surface area contributed by atoms with Gasteiger partial charge in [-0.05, 0) is 33.6 Å². The van der Waals surface area contributed by atoms with Gasteiger partial charge in [0.2, 0.25) is 6.29 Å². The first kappa shape index (κ1) is 12.0. The van der Waals surface area contributed by atoms with E-state index in [2.05, 4.69) is 20.7 Å². The zero-order valence-electron chi connectivity index (χ0n) is 8.56. The number of aliphatic hydroxyl groups excluding tert-OH is 1. The Morgan fingerprint density at radius 1 is 1.29 bits per heavy atom. The van der Waals surface area contributed by atoms with Gasteiger partial charge in [0.25, 0.3) is 0 Å². The van der Waals surface area contributed by atoms with E-state index in [0.29, 0.717) is 5.57 Å². The molecule has 2 rings (SSSR count). The van der Waals surface area contributed by atoms with Crippen LogP contribution in [0.5, 0.6) is 0 Å². The van der Waals surface area contributed by atoms with Gasteiger partial charge in [-0.25, -0.2) is 9.18 Å². The summed E-state index contributed by atoms with van der Waals surface area (Å²) in [7, 11) is 0. The Morgan fingerprint density at radius 3 is 2.47 bits per heavy atom. The Morgan fingerprint density at radius 2 is 1.94 bits per heavy atom. The second kappa shape index (κ2) is 4.81. The van der Waals surface area contributed by atoms with Crippen molar-refractivity contribution in [3.05, 3.63) is 51.8 Å². The highest BCUT2D eigenvalue weighted by atomic mass is 79.9. The lowest BCUT2D eigenvalue weighted by Gasteiger charge is -2.01. The molecule has 1 aromatic rings. The van der Waals surface area contributed by atoms with Crippen molar-refractivity contribution in [1.82, 2.24) is 0 Å². The average molecular weight is 299 g/mol. The molecule has 1 aliphatic heterocycles. The molecule has 0 bridgehead atoms. The van der Waals surface area contributed by atoms with Gasteiger partial charge in [0.05, 0.1) is 0 Å². The van der Waals surface area contributed by atoms with Crippen molar-refractivity contribution in [2.45, 2.75) is 6.29 Å². The van der Waals surface area contributed by atoms with Gasteiger partial charge < -0.3 is 9.84 Å². The van der Waals surface area contributed by atoms with Crippen LogP contribution in [0, 0.1) is 5.82 Å². The van der Waals surface area contributed by atoms with Crippen molar-refractivity contribution in [2.24, 2.45) is 0 Å². The first-order valence-electron chi connectivity index (χ1n) is 4.80. The molecular formula is C12H8BrFO3. The molecule has 1 aliphatic rings. The third kappa shape index (κ3) is 2.62. The third-order valence-electron chi connectivity index (χ3n) is 2.24. The maximum Gasteiger partial charge on any atom is 0.348 e. The molecule has 1 atom stereocenters. The van der Waals surface area contributed by atoms with Crippen molar-refractivity contribution in [3.8, 4) is 0 Å². The van der Waals surface area contributed by atoms with E-state index in [9.17, 15) is 14.3 Å². The van der Waals surface area contributed by atoms with E-state index >= 15 is 0 Å². The molecule has 0 amide bonds. The molecule has 17 heavy (non-hydrogen) atoms. The van der Waals surface area contributed by atoms with Crippen LogP contribution in [0.1, 0.15) is 5.56 Å². The molecule has 0 radical (unpaired) electrons. The number of hydrogen-bond donors (Lipinski definition) is 1. The zero-order chi connectivity index (χ0) is 12.4. The number of carbonyl (C=O) groups excluding carboxylic acids is 1. The minimum atomic E-state index is -1.26. The van der Waals surface area contributed by atoms with Gasteiger partial charge in [-0.1, -0.05) is 24.3 Å². The quantitative estimate of drug-likeness (QED) is 0.853. The number of benzene rings is 1. The molecule has 0 saturated heterocycles. The summed E-state index contributed by atoms with van der Waals surface area (Å²) < 4.78 is 17.4. The van der Waals surface area contributed by atoms with Crippen LogP contribution in [-0.2, 0) is 9.53 Å². The normalized spacial score (nSPS) is 20.2. The summed E-state index contributed by atoms with van der Waals surface area (Å²) in [4.78, 5) is 11.1. The lowest BCUT2D eigenvalue weighted by Crippen LogP contribution is -2.08. The number of esters is 1. The number of carbonyl (C=O) groups is 1. The highest BCUT2D eigenvalue weighted by molar-refractivity contribution is 9.12. The predicted octanol–water partition coefficient (Wildman–Crippen LogP) is 2.36. The first-order valence-corrected chi connectivity index (χ1v) is 5.59. The molecule has 0 aliphatic carbocycles. The highest BCUT2D eigenvalue weighted by Gasteiger charge is 2.29. The average Bonchev–Trinajstić information content (AvgIpc) is 2.54. The molecule has 0 fully saturated rings. The molecule has 1 N–H and O–H groups in total. The molecule has 5 heteroatoms. The van der Waals surface area contributed by atoms with Gasteiger partial charge >= 0.3 is 5.97 Å². The Bertz CT molecular complexity index is 505. The summed E-state index contributed by atoms with van der Waals surface area (Å²) in [5.41, 5.74) is 1.10. The van der Waals surface area contributed by atoms with E-state index in [4.69, 9.17) is 0 Å². The van der Waals surface area contributed by atoms with Crippen LogP contribution >= 0.6 is 15.9 Å². The van der Waals surface area contributed by atoms with Crippen molar-refractivity contribution < 1.29 is 19.0 Å². The maximum atomic E-state index is 12.7. The molecule has 0 spiro atoms. The van der Waals surface area contributed by atoms with Crippen LogP contribution < -0.4 is 0 Å². The number of rotatable bonds is 2. The van der Waals surface area contributed by atoms with Gasteiger partial charge in [-0.2, -0.15) is 0 Å². The Labute approximate surface area is 105 Å². The van der Waals surface area contributed by atoms with Crippen LogP contribution in [-0.4, -0.2) is 17.4 Å². The van der Waals surface area contributed by atoms with Gasteiger partial charge in [-0.15, -0.1) is 0 Å². The minimum absolute atomic E-state index is 0.198. The SMILES string of the molecule is O=C1OC(O)C(/C=C/c2ccc(F)cc2)=C1Br. The van der Waals surface area contributed by atoms with E-state index in [1.807, 2.05) is 0 Å². The van der Waals surface area contributed by atoms with Crippen molar-refractivity contribution in [2.75, 3.05) is 0 Å². The van der Waals surface area contributed by atoms with Crippen LogP contribution in [0.15, 0.2) is 40.4 Å². The van der Waals surface area contributed by atoms with Crippen LogP contribution in [0.4, 0.5) is 4.39 Å². The van der Waals surface area contributed by atoms with Crippen LogP contribution in [0.3, 0.4) is 0 Å². The van der Waals surface area contributed by atoms with Crippen molar-refractivity contribution in [3.63, 3.8) is 0 Å². The second-order valence-corrected chi connectivity index (χ2v) is 4.20. The fraction of sp³-hybridized carbons (Fsp3) is 0.0833. The number of hydrogen-bond acceptors (Lipinski definition) is 3. The van der Waals surface area contributed by atoms with E-state index in [0.717, 1.165) is 5.56 Å². The summed E-state index contributed by atoms with van der Waals surface area (Å²) >= 11 is 3.03. The van der Waals surface area contributed by atoms with E-state index in [1.165, 1.54) is 12.1 Å². The molecule has 0 saturated carbocycles. The number of cyclic esters (lactones) is 1. The number of aliphatic hydroxyl groups is 1. The topological polar surface area (TPSA) is 46.5 Å². The molecule has 1 aromatic carbocycles. The number of ether oxygens (including phenoxy) is 1. The number of halogens is 2. The van der Waals surface area contributed by atoms with Gasteiger partial charge in [0.15, 0.2) is 0 Å². The van der Waals surface area contributed by atoms with E-state index in [1.54, 1.807) is 24.3 Å². The summed E-state index contributed by atoms with van der Waals surface area (Å²) in [5.74, 6) is -0.918. The molecule has 3 nitrogen and oxygen atoms in total. The molecule has 0 aromatic heterocycles. The zero-order valence-corrected chi connectivity index (χ0v) is 10.1. The molecule has 1 heterocycles. The first-order chi connectivity index (χ1) is 8.08. The van der Waals surface area contributed by atoms with Gasteiger partial charge in [0, 0.05) is 5.57 Å². The lowest BCUT2D eigenvalue weighted by molar-refractivity contribution is -0.151. The molecule has 1 unspecified atom stereocenters. The maximum absolute atomic E-state index is 12.7. The lowest BCUT2D eigenvalue weighted by atomic mass is 10.1. The fourth-order valence-corrected chi connectivity index (χ4v) is 1.78. The minimum Gasteiger partial charge on any atom is -0.427 e. The fourth-order valence-electron chi connectivity index (χ4n) is 1.36. The second-order valence-electron chi connectivity index (χ2n) is 3.41. The third-order valence-corrected chi connectivity index (χ3v) is 3.02. The summed E-state index contributed by atoms with van der Waals surface area (Å²) in [6.07, 6.45) is 1.95. The Hall–Kier alpha value is -1.46. The van der Waals surface area contributed by atoms with Crippen LogP contribution in [0.2, 0.25) is 0 Å². The summed E-state index contributed by atoms with van der Waals surface area (Å²) in [6, 6.07) is 5.83. The van der Waals surface area contributed by atoms with Gasteiger partial charge in [-0.3, -0.25) is 0 Å².